The van der Waals surface area contributed by atoms with Crippen LogP contribution in [0, 0.1) is 0 Å². The molecule has 2 heterocycles. The van der Waals surface area contributed by atoms with Gasteiger partial charge in [0.1, 0.15) is 0 Å². The molecule has 1 unspecified atom stereocenters. The van der Waals surface area contributed by atoms with Crippen molar-refractivity contribution >= 4 is 11.8 Å². The normalized spacial score (nSPS) is 36.4. The third-order valence-electron chi connectivity index (χ3n) is 3.58. The van der Waals surface area contributed by atoms with Gasteiger partial charge in [-0.05, 0) is 20.0 Å². The fourth-order valence-electron chi connectivity index (χ4n) is 2.65. The quantitative estimate of drug-likeness (QED) is 0.706. The van der Waals surface area contributed by atoms with Crippen molar-refractivity contribution in [2.24, 2.45) is 5.73 Å². The molecule has 2 aliphatic heterocycles. The number of likely N-dealkylation sites (tertiary alicyclic amines) is 1. The Morgan fingerprint density at radius 1 is 1.29 bits per heavy atom. The highest BCUT2D eigenvalue weighted by atomic mass is 32.2. The number of nitrogens with two attached hydrogens (primary N) is 1. The molecule has 0 aliphatic carbocycles. The third kappa shape index (κ3) is 1.94. The highest BCUT2D eigenvalue weighted by Crippen LogP contribution is 2.28. The van der Waals surface area contributed by atoms with Gasteiger partial charge in [0.05, 0.1) is 0 Å². The number of likely N-dealkylation sites (N-methyl/N-ethyl adjacent to an activating group) is 1. The number of hydrogen-bond donors (Lipinski definition) is 1. The first kappa shape index (κ1) is 10.7. The van der Waals surface area contributed by atoms with Crippen molar-refractivity contribution in [3.05, 3.63) is 0 Å². The van der Waals surface area contributed by atoms with E-state index in [1.807, 2.05) is 0 Å². The molecular formula is C10H21N3S. The predicted molar refractivity (Wildman–Crippen MR) is 62.8 cm³/mol. The van der Waals surface area contributed by atoms with Crippen molar-refractivity contribution < 1.29 is 0 Å². The van der Waals surface area contributed by atoms with Gasteiger partial charge in [-0.2, -0.15) is 11.8 Å². The van der Waals surface area contributed by atoms with Crippen LogP contribution in [0.1, 0.15) is 6.42 Å². The fourth-order valence-corrected chi connectivity index (χ4v) is 3.55. The first-order chi connectivity index (χ1) is 6.77. The van der Waals surface area contributed by atoms with Crippen molar-refractivity contribution in [1.82, 2.24) is 9.80 Å². The van der Waals surface area contributed by atoms with Gasteiger partial charge < -0.3 is 10.6 Å². The van der Waals surface area contributed by atoms with E-state index in [4.69, 9.17) is 5.73 Å². The molecule has 0 aromatic rings. The zero-order valence-electron chi connectivity index (χ0n) is 9.04. The van der Waals surface area contributed by atoms with E-state index in [1.165, 1.54) is 37.6 Å². The second-order valence-corrected chi connectivity index (χ2v) is 5.74. The summed E-state index contributed by atoms with van der Waals surface area (Å²) in [6, 6.07) is 0. The molecule has 0 radical (unpaired) electrons. The van der Waals surface area contributed by atoms with Crippen LogP contribution in [0.2, 0.25) is 0 Å². The van der Waals surface area contributed by atoms with Crippen LogP contribution in [0.3, 0.4) is 0 Å². The summed E-state index contributed by atoms with van der Waals surface area (Å²) in [5.41, 5.74) is 6.29. The van der Waals surface area contributed by atoms with Crippen LogP contribution >= 0.6 is 11.8 Å². The molecule has 2 rings (SSSR count). The summed E-state index contributed by atoms with van der Waals surface area (Å²) in [6.07, 6.45) is 1.25. The summed E-state index contributed by atoms with van der Waals surface area (Å²) >= 11 is 2.07. The molecule has 0 bridgehead atoms. The van der Waals surface area contributed by atoms with Gasteiger partial charge in [0.2, 0.25) is 0 Å². The third-order valence-corrected chi connectivity index (χ3v) is 4.53. The minimum absolute atomic E-state index is 0.301. The molecule has 4 heteroatoms. The van der Waals surface area contributed by atoms with Crippen molar-refractivity contribution in [2.75, 3.05) is 51.3 Å². The molecule has 82 valence electrons. The summed E-state index contributed by atoms with van der Waals surface area (Å²) in [5.74, 6) is 2.57. The average molecular weight is 215 g/mol. The van der Waals surface area contributed by atoms with E-state index in [9.17, 15) is 0 Å². The maximum Gasteiger partial charge on any atom is 0.0471 e. The minimum Gasteiger partial charge on any atom is -0.329 e. The maximum atomic E-state index is 5.99. The molecular weight excluding hydrogens is 194 g/mol. The van der Waals surface area contributed by atoms with Crippen LogP contribution < -0.4 is 5.73 Å². The summed E-state index contributed by atoms with van der Waals surface area (Å²) in [7, 11) is 2.20. The second-order valence-electron chi connectivity index (χ2n) is 4.52. The van der Waals surface area contributed by atoms with E-state index in [0.717, 1.165) is 13.1 Å². The molecule has 0 amide bonds. The van der Waals surface area contributed by atoms with Crippen LogP contribution in [0.15, 0.2) is 0 Å². The lowest BCUT2D eigenvalue weighted by Crippen LogP contribution is -2.57. The van der Waals surface area contributed by atoms with Crippen LogP contribution in [0.5, 0.6) is 0 Å². The zero-order chi connectivity index (χ0) is 10.0. The van der Waals surface area contributed by atoms with Crippen LogP contribution in [0.25, 0.3) is 0 Å². The van der Waals surface area contributed by atoms with Crippen molar-refractivity contribution in [2.45, 2.75) is 12.0 Å². The SMILES string of the molecule is CN1CCC(CN)(N2CCSCC2)C1. The van der Waals surface area contributed by atoms with Gasteiger partial charge in [0.25, 0.3) is 0 Å². The van der Waals surface area contributed by atoms with Gasteiger partial charge in [-0.1, -0.05) is 0 Å². The predicted octanol–water partition coefficient (Wildman–Crippen LogP) is 0.0682. The van der Waals surface area contributed by atoms with Crippen molar-refractivity contribution in [3.63, 3.8) is 0 Å². The molecule has 0 aromatic carbocycles. The molecule has 2 N–H and O–H groups in total. The average Bonchev–Trinajstić information content (AvgIpc) is 2.63. The first-order valence-electron chi connectivity index (χ1n) is 5.48. The summed E-state index contributed by atoms with van der Waals surface area (Å²) in [6.45, 7) is 5.66. The maximum absolute atomic E-state index is 5.99. The monoisotopic (exact) mass is 215 g/mol. The van der Waals surface area contributed by atoms with Crippen LogP contribution in [-0.2, 0) is 0 Å². The molecule has 2 fully saturated rings. The first-order valence-corrected chi connectivity index (χ1v) is 6.64. The smallest absolute Gasteiger partial charge is 0.0471 e. The van der Waals surface area contributed by atoms with E-state index in [1.54, 1.807) is 0 Å². The van der Waals surface area contributed by atoms with Gasteiger partial charge in [-0.3, -0.25) is 4.90 Å². The van der Waals surface area contributed by atoms with Crippen molar-refractivity contribution in [3.8, 4) is 0 Å². The van der Waals surface area contributed by atoms with E-state index in [-0.39, 0.29) is 0 Å². The highest BCUT2D eigenvalue weighted by molar-refractivity contribution is 7.99. The summed E-state index contributed by atoms with van der Waals surface area (Å²) < 4.78 is 0. The van der Waals surface area contributed by atoms with Gasteiger partial charge in [-0.15, -0.1) is 0 Å². The number of thioether (sulfide) groups is 1. The Morgan fingerprint density at radius 2 is 2.00 bits per heavy atom. The van der Waals surface area contributed by atoms with Crippen LogP contribution in [0.4, 0.5) is 0 Å². The fraction of sp³-hybridized carbons (Fsp3) is 1.00. The molecule has 0 spiro atoms. The molecule has 2 saturated heterocycles. The van der Waals surface area contributed by atoms with E-state index in [0.29, 0.717) is 5.54 Å². The van der Waals surface area contributed by atoms with Crippen LogP contribution in [-0.4, -0.2) is 66.6 Å². The van der Waals surface area contributed by atoms with E-state index >= 15 is 0 Å². The minimum atomic E-state index is 0.301. The van der Waals surface area contributed by atoms with E-state index in [2.05, 4.69) is 28.6 Å². The molecule has 1 atom stereocenters. The summed E-state index contributed by atoms with van der Waals surface area (Å²) in [4.78, 5) is 5.04. The standard InChI is InChI=1S/C10H21N3S/c1-12-3-2-10(8-11,9-12)13-4-6-14-7-5-13/h2-9,11H2,1H3. The topological polar surface area (TPSA) is 32.5 Å². The van der Waals surface area contributed by atoms with Gasteiger partial charge in [0.15, 0.2) is 0 Å². The Balaban J connectivity index is 2.03. The molecule has 14 heavy (non-hydrogen) atoms. The Bertz CT molecular complexity index is 194. The van der Waals surface area contributed by atoms with E-state index < -0.39 is 0 Å². The summed E-state index contributed by atoms with van der Waals surface area (Å²) in [5, 5.41) is 0. The zero-order valence-corrected chi connectivity index (χ0v) is 9.85. The Hall–Kier alpha value is 0.230. The molecule has 3 nitrogen and oxygen atoms in total. The second kappa shape index (κ2) is 4.39. The van der Waals surface area contributed by atoms with Gasteiger partial charge in [-0.25, -0.2) is 0 Å². The molecule has 0 saturated carbocycles. The van der Waals surface area contributed by atoms with Gasteiger partial charge in [0, 0.05) is 43.2 Å². The van der Waals surface area contributed by atoms with Crippen molar-refractivity contribution in [1.29, 1.82) is 0 Å². The Labute approximate surface area is 91.0 Å². The highest BCUT2D eigenvalue weighted by Gasteiger charge is 2.40. The lowest BCUT2D eigenvalue weighted by atomic mass is 9.96. The number of rotatable bonds is 2. The lowest BCUT2D eigenvalue weighted by Gasteiger charge is -2.42. The largest absolute Gasteiger partial charge is 0.329 e. The Kier molecular flexibility index (Phi) is 3.37. The number of hydrogen-bond acceptors (Lipinski definition) is 4. The molecule has 2 aliphatic rings. The van der Waals surface area contributed by atoms with Gasteiger partial charge >= 0.3 is 0 Å². The lowest BCUT2D eigenvalue weighted by molar-refractivity contribution is 0.114. The number of nitrogens with zero attached hydrogens (tertiary/aromatic N) is 2. The molecule has 0 aromatic heterocycles. The Morgan fingerprint density at radius 3 is 2.50 bits per heavy atom.